The van der Waals surface area contributed by atoms with E-state index >= 15 is 0 Å². The largest absolute Gasteiger partial charge is 0.450 e. The number of carbonyl (C=O) groups excluding carboxylic acids is 2. The lowest BCUT2D eigenvalue weighted by Gasteiger charge is -2.37. The molecule has 7 heteroatoms. The number of carbonyl (C=O) groups is 2. The average molecular weight is 349 g/mol. The Bertz CT molecular complexity index is 593. The standard InChI is InChI=1S/C18H27N3O4/c1-2-24-17(23)21-13-4-5-14(21)11-15(10-13)20-8-3-6-18(7-9-20)12-19-16(22)25-18/h10,13-14H,2-9,11-12H2,1H3,(H,19,22). The van der Waals surface area contributed by atoms with Crippen LogP contribution in [0.25, 0.3) is 0 Å². The topological polar surface area (TPSA) is 71.1 Å². The summed E-state index contributed by atoms with van der Waals surface area (Å²) < 4.78 is 10.8. The first-order valence-corrected chi connectivity index (χ1v) is 9.48. The maximum Gasteiger partial charge on any atom is 0.410 e. The molecule has 3 unspecified atom stereocenters. The van der Waals surface area contributed by atoms with Gasteiger partial charge in [-0.2, -0.15) is 0 Å². The van der Waals surface area contributed by atoms with Gasteiger partial charge in [0.1, 0.15) is 5.60 Å². The van der Waals surface area contributed by atoms with Crippen LogP contribution in [-0.4, -0.2) is 65.9 Å². The van der Waals surface area contributed by atoms with E-state index in [1.54, 1.807) is 0 Å². The van der Waals surface area contributed by atoms with Crippen molar-refractivity contribution in [3.63, 3.8) is 0 Å². The molecule has 0 saturated carbocycles. The average Bonchev–Trinajstić information content (AvgIpc) is 2.98. The van der Waals surface area contributed by atoms with Gasteiger partial charge >= 0.3 is 12.2 Å². The summed E-state index contributed by atoms with van der Waals surface area (Å²) >= 11 is 0. The minimum Gasteiger partial charge on any atom is -0.450 e. The lowest BCUT2D eigenvalue weighted by Crippen LogP contribution is -2.45. The lowest BCUT2D eigenvalue weighted by molar-refractivity contribution is 0.0450. The van der Waals surface area contributed by atoms with Crippen molar-refractivity contribution in [3.8, 4) is 0 Å². The van der Waals surface area contributed by atoms with E-state index in [4.69, 9.17) is 9.47 Å². The molecule has 1 spiro atoms. The zero-order valence-corrected chi connectivity index (χ0v) is 14.8. The van der Waals surface area contributed by atoms with E-state index in [0.29, 0.717) is 13.2 Å². The summed E-state index contributed by atoms with van der Waals surface area (Å²) in [6, 6.07) is 0.420. The van der Waals surface area contributed by atoms with Crippen LogP contribution in [0.3, 0.4) is 0 Å². The van der Waals surface area contributed by atoms with Gasteiger partial charge in [0, 0.05) is 37.7 Å². The SMILES string of the molecule is CCOC(=O)N1C2C=C(N3CCCC4(CC3)CNC(=O)O4)CC1CC2. The Morgan fingerprint density at radius 3 is 3.00 bits per heavy atom. The molecule has 25 heavy (non-hydrogen) atoms. The van der Waals surface area contributed by atoms with E-state index in [9.17, 15) is 9.59 Å². The second kappa shape index (κ2) is 6.42. The van der Waals surface area contributed by atoms with Crippen LogP contribution >= 0.6 is 0 Å². The van der Waals surface area contributed by atoms with Gasteiger partial charge in [-0.1, -0.05) is 0 Å². The van der Waals surface area contributed by atoms with E-state index in [-0.39, 0.29) is 29.9 Å². The van der Waals surface area contributed by atoms with Gasteiger partial charge in [0.25, 0.3) is 0 Å². The molecule has 0 aliphatic carbocycles. The molecule has 0 radical (unpaired) electrons. The molecule has 3 atom stereocenters. The van der Waals surface area contributed by atoms with Crippen LogP contribution in [0.5, 0.6) is 0 Å². The first-order chi connectivity index (χ1) is 12.1. The van der Waals surface area contributed by atoms with E-state index in [2.05, 4.69) is 16.3 Å². The molecule has 3 saturated heterocycles. The second-order valence-corrected chi connectivity index (χ2v) is 7.53. The van der Waals surface area contributed by atoms with Crippen molar-refractivity contribution in [1.82, 2.24) is 15.1 Å². The van der Waals surface area contributed by atoms with Crippen molar-refractivity contribution in [2.45, 2.75) is 63.1 Å². The summed E-state index contributed by atoms with van der Waals surface area (Å²) in [6.45, 7) is 4.79. The first kappa shape index (κ1) is 16.5. The highest BCUT2D eigenvalue weighted by Gasteiger charge is 2.44. The van der Waals surface area contributed by atoms with Crippen molar-refractivity contribution in [3.05, 3.63) is 11.8 Å². The number of ether oxygens (including phenoxy) is 2. The predicted octanol–water partition coefficient (Wildman–Crippen LogP) is 2.23. The fourth-order valence-corrected chi connectivity index (χ4v) is 4.76. The number of fused-ring (bicyclic) bond motifs is 2. The van der Waals surface area contributed by atoms with Crippen molar-refractivity contribution < 1.29 is 19.1 Å². The van der Waals surface area contributed by atoms with Gasteiger partial charge in [-0.05, 0) is 38.7 Å². The van der Waals surface area contributed by atoms with Crippen LogP contribution in [0, 0.1) is 0 Å². The Kier molecular flexibility index (Phi) is 4.25. The number of nitrogens with one attached hydrogen (secondary N) is 1. The summed E-state index contributed by atoms with van der Waals surface area (Å²) in [6.07, 6.45) is 7.56. The minimum absolute atomic E-state index is 0.163. The van der Waals surface area contributed by atoms with E-state index < -0.39 is 0 Å². The minimum atomic E-state index is -0.322. The molecule has 0 aromatic rings. The molecule has 2 amide bonds. The van der Waals surface area contributed by atoms with Crippen molar-refractivity contribution in [1.29, 1.82) is 0 Å². The molecule has 1 N–H and O–H groups in total. The quantitative estimate of drug-likeness (QED) is 0.828. The monoisotopic (exact) mass is 349 g/mol. The molecule has 3 fully saturated rings. The third kappa shape index (κ3) is 3.04. The second-order valence-electron chi connectivity index (χ2n) is 7.53. The Labute approximate surface area is 148 Å². The van der Waals surface area contributed by atoms with Crippen molar-refractivity contribution in [2.75, 3.05) is 26.2 Å². The smallest absolute Gasteiger partial charge is 0.410 e. The third-order valence-electron chi connectivity index (χ3n) is 6.02. The van der Waals surface area contributed by atoms with Crippen LogP contribution in [0.15, 0.2) is 11.8 Å². The van der Waals surface area contributed by atoms with Crippen LogP contribution in [0.4, 0.5) is 9.59 Å². The van der Waals surface area contributed by atoms with E-state index in [0.717, 1.165) is 51.6 Å². The number of hydrogen-bond donors (Lipinski definition) is 1. The molecule has 2 bridgehead atoms. The normalized spacial score (nSPS) is 34.4. The van der Waals surface area contributed by atoms with E-state index in [1.165, 1.54) is 5.70 Å². The molecule has 7 nitrogen and oxygen atoms in total. The number of amides is 2. The van der Waals surface area contributed by atoms with Crippen LogP contribution in [0.1, 0.15) is 45.4 Å². The molecule has 0 aromatic carbocycles. The molecular formula is C18H27N3O4. The summed E-state index contributed by atoms with van der Waals surface area (Å²) in [5.74, 6) is 0. The summed E-state index contributed by atoms with van der Waals surface area (Å²) in [7, 11) is 0. The van der Waals surface area contributed by atoms with Crippen molar-refractivity contribution in [2.24, 2.45) is 0 Å². The number of alkyl carbamates (subject to hydrolysis) is 1. The highest BCUT2D eigenvalue weighted by molar-refractivity contribution is 5.70. The van der Waals surface area contributed by atoms with Gasteiger partial charge in [-0.3, -0.25) is 4.90 Å². The Hall–Kier alpha value is -1.92. The molecule has 4 aliphatic heterocycles. The third-order valence-corrected chi connectivity index (χ3v) is 6.02. The molecule has 4 rings (SSSR count). The van der Waals surface area contributed by atoms with Gasteiger partial charge in [-0.15, -0.1) is 0 Å². The Balaban J connectivity index is 1.44. The fraction of sp³-hybridized carbons (Fsp3) is 0.778. The molecule has 4 aliphatic rings. The highest BCUT2D eigenvalue weighted by atomic mass is 16.6. The highest BCUT2D eigenvalue weighted by Crippen LogP contribution is 2.38. The molecule has 4 heterocycles. The van der Waals surface area contributed by atoms with E-state index in [1.807, 2.05) is 11.8 Å². The Morgan fingerprint density at radius 1 is 1.40 bits per heavy atom. The summed E-state index contributed by atoms with van der Waals surface area (Å²) in [5.41, 5.74) is 1.03. The van der Waals surface area contributed by atoms with Gasteiger partial charge in [0.15, 0.2) is 0 Å². The summed E-state index contributed by atoms with van der Waals surface area (Å²) in [4.78, 5) is 28.0. The van der Waals surface area contributed by atoms with Crippen molar-refractivity contribution >= 4 is 12.2 Å². The number of likely N-dealkylation sites (tertiary alicyclic amines) is 1. The number of hydrogen-bond acceptors (Lipinski definition) is 5. The number of rotatable bonds is 2. The van der Waals surface area contributed by atoms with Gasteiger partial charge in [0.2, 0.25) is 0 Å². The number of nitrogens with zero attached hydrogens (tertiary/aromatic N) is 2. The molecule has 0 aromatic heterocycles. The van der Waals surface area contributed by atoms with Crippen LogP contribution in [-0.2, 0) is 9.47 Å². The van der Waals surface area contributed by atoms with Crippen LogP contribution < -0.4 is 5.32 Å². The summed E-state index contributed by atoms with van der Waals surface area (Å²) in [5, 5.41) is 2.80. The fourth-order valence-electron chi connectivity index (χ4n) is 4.76. The lowest BCUT2D eigenvalue weighted by atomic mass is 9.95. The molecule has 138 valence electrons. The Morgan fingerprint density at radius 2 is 2.28 bits per heavy atom. The zero-order valence-electron chi connectivity index (χ0n) is 14.8. The van der Waals surface area contributed by atoms with Gasteiger partial charge in [0.05, 0.1) is 19.2 Å². The van der Waals surface area contributed by atoms with Crippen LogP contribution in [0.2, 0.25) is 0 Å². The predicted molar refractivity (Wildman–Crippen MR) is 91.0 cm³/mol. The first-order valence-electron chi connectivity index (χ1n) is 9.48. The van der Waals surface area contributed by atoms with Gasteiger partial charge < -0.3 is 19.7 Å². The zero-order chi connectivity index (χ0) is 17.4. The van der Waals surface area contributed by atoms with Gasteiger partial charge in [-0.25, -0.2) is 9.59 Å². The molecular weight excluding hydrogens is 322 g/mol. The maximum atomic E-state index is 12.2. The maximum absolute atomic E-state index is 12.2.